The van der Waals surface area contributed by atoms with Gasteiger partial charge in [-0.05, 0) is 32.7 Å². The highest BCUT2D eigenvalue weighted by Gasteiger charge is 2.40. The second kappa shape index (κ2) is 5.66. The zero-order chi connectivity index (χ0) is 11.3. The molecule has 0 aromatic rings. The third kappa shape index (κ3) is 2.82. The van der Waals surface area contributed by atoms with Gasteiger partial charge in [-0.1, -0.05) is 31.9 Å². The number of likely N-dealkylation sites (N-methyl/N-ethyl adjacent to an activating group) is 1. The molecule has 0 amide bonds. The normalized spacial score (nSPS) is 21.5. The van der Waals surface area contributed by atoms with Gasteiger partial charge in [-0.2, -0.15) is 0 Å². The summed E-state index contributed by atoms with van der Waals surface area (Å²) in [5, 5.41) is 3.42. The maximum atomic E-state index is 5.79. The van der Waals surface area contributed by atoms with Crippen LogP contribution in [0, 0.1) is 0 Å². The van der Waals surface area contributed by atoms with Crippen LogP contribution in [-0.2, 0) is 4.74 Å². The largest absolute Gasteiger partial charge is 0.377 e. The van der Waals surface area contributed by atoms with Crippen molar-refractivity contribution in [2.24, 2.45) is 0 Å². The lowest BCUT2D eigenvalue weighted by molar-refractivity contribution is -0.0337. The van der Waals surface area contributed by atoms with Gasteiger partial charge in [0.2, 0.25) is 0 Å². The fourth-order valence-corrected chi connectivity index (χ4v) is 2.65. The minimum atomic E-state index is 0.0624. The summed E-state index contributed by atoms with van der Waals surface area (Å²) in [5.41, 5.74) is 1.38. The number of methoxy groups -OCH3 is 1. The fraction of sp³-hybridized carbons (Fsp3) is 0.846. The highest BCUT2D eigenvalue weighted by Crippen LogP contribution is 2.37. The maximum Gasteiger partial charge on any atom is 0.0834 e. The quantitative estimate of drug-likeness (QED) is 0.682. The molecule has 0 aliphatic heterocycles. The predicted molar refractivity (Wildman–Crippen MR) is 65.1 cm³/mol. The van der Waals surface area contributed by atoms with E-state index in [0.29, 0.717) is 6.04 Å². The summed E-state index contributed by atoms with van der Waals surface area (Å²) in [6, 6.07) is 0.428. The van der Waals surface area contributed by atoms with E-state index in [2.05, 4.69) is 18.8 Å². The lowest BCUT2D eigenvalue weighted by Gasteiger charge is -2.36. The summed E-state index contributed by atoms with van der Waals surface area (Å²) < 4.78 is 5.79. The molecule has 1 N–H and O–H groups in total. The lowest BCUT2D eigenvalue weighted by atomic mass is 9.87. The third-order valence-corrected chi connectivity index (χ3v) is 3.83. The van der Waals surface area contributed by atoms with Crippen molar-refractivity contribution in [3.8, 4) is 0 Å². The highest BCUT2D eigenvalue weighted by molar-refractivity contribution is 5.05. The van der Waals surface area contributed by atoms with E-state index >= 15 is 0 Å². The molecule has 1 rings (SSSR count). The molecule has 0 aromatic heterocycles. The molecule has 88 valence electrons. The second-order valence-corrected chi connectivity index (χ2v) is 4.62. The molecule has 1 aliphatic rings. The SMILES string of the molecule is C=C(CC)CC(NC)C1(OC)CCCC1. The Morgan fingerprint density at radius 2 is 2.07 bits per heavy atom. The van der Waals surface area contributed by atoms with Gasteiger partial charge in [-0.3, -0.25) is 0 Å². The Kier molecular flexibility index (Phi) is 4.81. The number of rotatable bonds is 6. The van der Waals surface area contributed by atoms with Gasteiger partial charge in [0.25, 0.3) is 0 Å². The van der Waals surface area contributed by atoms with E-state index < -0.39 is 0 Å². The summed E-state index contributed by atoms with van der Waals surface area (Å²) in [6.07, 6.45) is 7.08. The number of nitrogens with one attached hydrogen (secondary N) is 1. The zero-order valence-corrected chi connectivity index (χ0v) is 10.4. The van der Waals surface area contributed by atoms with Crippen LogP contribution in [0.5, 0.6) is 0 Å². The average molecular weight is 211 g/mol. The zero-order valence-electron chi connectivity index (χ0n) is 10.4. The van der Waals surface area contributed by atoms with Gasteiger partial charge < -0.3 is 10.1 Å². The Morgan fingerprint density at radius 3 is 2.47 bits per heavy atom. The van der Waals surface area contributed by atoms with Gasteiger partial charge >= 0.3 is 0 Å². The van der Waals surface area contributed by atoms with Crippen molar-refractivity contribution in [3.05, 3.63) is 12.2 Å². The molecule has 0 bridgehead atoms. The van der Waals surface area contributed by atoms with Crippen molar-refractivity contribution in [2.75, 3.05) is 14.2 Å². The molecule has 0 saturated heterocycles. The molecular formula is C13H25NO. The third-order valence-electron chi connectivity index (χ3n) is 3.83. The van der Waals surface area contributed by atoms with Crippen molar-refractivity contribution in [2.45, 2.75) is 57.1 Å². The van der Waals surface area contributed by atoms with E-state index in [4.69, 9.17) is 4.74 Å². The van der Waals surface area contributed by atoms with Gasteiger partial charge in [-0.15, -0.1) is 0 Å². The first kappa shape index (κ1) is 12.7. The minimum Gasteiger partial charge on any atom is -0.377 e. The standard InChI is InChI=1S/C13H25NO/c1-5-11(2)10-12(14-3)13(15-4)8-6-7-9-13/h12,14H,2,5-10H2,1,3-4H3. The topological polar surface area (TPSA) is 21.3 Å². The number of hydrogen-bond donors (Lipinski definition) is 1. The molecule has 1 atom stereocenters. The average Bonchev–Trinajstić information content (AvgIpc) is 2.75. The Hall–Kier alpha value is -0.340. The van der Waals surface area contributed by atoms with Crippen LogP contribution in [0.2, 0.25) is 0 Å². The first-order chi connectivity index (χ1) is 7.18. The molecule has 0 spiro atoms. The number of hydrogen-bond acceptors (Lipinski definition) is 2. The lowest BCUT2D eigenvalue weighted by Crippen LogP contribution is -2.49. The monoisotopic (exact) mass is 211 g/mol. The van der Waals surface area contributed by atoms with Gasteiger partial charge in [0.15, 0.2) is 0 Å². The van der Waals surface area contributed by atoms with Gasteiger partial charge in [-0.25, -0.2) is 0 Å². The van der Waals surface area contributed by atoms with Crippen LogP contribution in [0.1, 0.15) is 45.4 Å². The molecular weight excluding hydrogens is 186 g/mol. The van der Waals surface area contributed by atoms with Crippen LogP contribution in [0.25, 0.3) is 0 Å². The number of ether oxygens (including phenoxy) is 1. The van der Waals surface area contributed by atoms with E-state index in [1.807, 2.05) is 14.2 Å². The summed E-state index contributed by atoms with van der Waals surface area (Å²) in [4.78, 5) is 0. The molecule has 0 aromatic carbocycles. The van der Waals surface area contributed by atoms with Crippen molar-refractivity contribution < 1.29 is 4.74 Å². The van der Waals surface area contributed by atoms with Crippen LogP contribution >= 0.6 is 0 Å². The van der Waals surface area contributed by atoms with Crippen LogP contribution < -0.4 is 5.32 Å². The fourth-order valence-electron chi connectivity index (χ4n) is 2.65. The summed E-state index contributed by atoms with van der Waals surface area (Å²) in [6.45, 7) is 6.27. The summed E-state index contributed by atoms with van der Waals surface area (Å²) >= 11 is 0. The summed E-state index contributed by atoms with van der Waals surface area (Å²) in [7, 11) is 3.89. The van der Waals surface area contributed by atoms with Crippen LogP contribution in [0.3, 0.4) is 0 Å². The van der Waals surface area contributed by atoms with Crippen molar-refractivity contribution in [3.63, 3.8) is 0 Å². The highest BCUT2D eigenvalue weighted by atomic mass is 16.5. The molecule has 15 heavy (non-hydrogen) atoms. The van der Waals surface area contributed by atoms with Crippen molar-refractivity contribution in [1.82, 2.24) is 5.32 Å². The van der Waals surface area contributed by atoms with Crippen molar-refractivity contribution in [1.29, 1.82) is 0 Å². The Balaban J connectivity index is 2.66. The smallest absolute Gasteiger partial charge is 0.0834 e. The van der Waals surface area contributed by atoms with Crippen molar-refractivity contribution >= 4 is 0 Å². The Morgan fingerprint density at radius 1 is 1.47 bits per heavy atom. The molecule has 1 saturated carbocycles. The first-order valence-corrected chi connectivity index (χ1v) is 6.07. The van der Waals surface area contributed by atoms with Crippen LogP contribution in [-0.4, -0.2) is 25.8 Å². The minimum absolute atomic E-state index is 0.0624. The second-order valence-electron chi connectivity index (χ2n) is 4.62. The van der Waals surface area contributed by atoms with E-state index in [9.17, 15) is 0 Å². The Bertz CT molecular complexity index is 207. The van der Waals surface area contributed by atoms with E-state index in [1.165, 1.54) is 31.3 Å². The van der Waals surface area contributed by atoms with Gasteiger partial charge in [0, 0.05) is 13.2 Å². The first-order valence-electron chi connectivity index (χ1n) is 6.07. The van der Waals surface area contributed by atoms with E-state index in [0.717, 1.165) is 12.8 Å². The van der Waals surface area contributed by atoms with E-state index in [1.54, 1.807) is 0 Å². The van der Waals surface area contributed by atoms with Crippen LogP contribution in [0.15, 0.2) is 12.2 Å². The molecule has 2 heteroatoms. The van der Waals surface area contributed by atoms with Gasteiger partial charge in [0.1, 0.15) is 0 Å². The van der Waals surface area contributed by atoms with Crippen LogP contribution in [0.4, 0.5) is 0 Å². The molecule has 0 radical (unpaired) electrons. The molecule has 1 fully saturated rings. The van der Waals surface area contributed by atoms with E-state index in [-0.39, 0.29) is 5.60 Å². The summed E-state index contributed by atoms with van der Waals surface area (Å²) in [5.74, 6) is 0. The molecule has 1 unspecified atom stereocenters. The molecule has 2 nitrogen and oxygen atoms in total. The molecule has 0 heterocycles. The maximum absolute atomic E-state index is 5.79. The molecule has 1 aliphatic carbocycles. The van der Waals surface area contributed by atoms with Gasteiger partial charge in [0.05, 0.1) is 5.60 Å². The Labute approximate surface area is 94.1 Å². The predicted octanol–water partition coefficient (Wildman–Crippen LogP) is 2.89.